The predicted molar refractivity (Wildman–Crippen MR) is 70.8 cm³/mol. The first kappa shape index (κ1) is 15.0. The number of sulfonamides is 1. The lowest BCUT2D eigenvalue weighted by Crippen LogP contribution is -2.25. The van der Waals surface area contributed by atoms with Crippen molar-refractivity contribution in [2.24, 2.45) is 5.92 Å². The molecule has 0 saturated heterocycles. The molecule has 1 N–H and O–H groups in total. The van der Waals surface area contributed by atoms with Crippen molar-refractivity contribution in [3.63, 3.8) is 0 Å². The third-order valence-electron chi connectivity index (χ3n) is 2.39. The van der Waals surface area contributed by atoms with Crippen LogP contribution in [0.5, 0.6) is 0 Å². The molecule has 0 unspecified atom stereocenters. The molecule has 0 radical (unpaired) electrons. The Hall–Kier alpha value is -1.09. The van der Waals surface area contributed by atoms with Gasteiger partial charge < -0.3 is 0 Å². The third kappa shape index (κ3) is 3.98. The minimum Gasteiger partial charge on any atom is -0.211 e. The Morgan fingerprint density at radius 2 is 2.11 bits per heavy atom. The van der Waals surface area contributed by atoms with Crippen molar-refractivity contribution >= 4 is 21.6 Å². The second-order valence-corrected chi connectivity index (χ2v) is 6.51. The average molecular weight is 287 g/mol. The molecule has 0 fully saturated rings. The summed E-state index contributed by atoms with van der Waals surface area (Å²) >= 11 is 5.81. The second kappa shape index (κ2) is 6.19. The van der Waals surface area contributed by atoms with Gasteiger partial charge in [0.1, 0.15) is 6.07 Å². The molecule has 18 heavy (non-hydrogen) atoms. The van der Waals surface area contributed by atoms with E-state index < -0.39 is 10.0 Å². The van der Waals surface area contributed by atoms with Crippen molar-refractivity contribution in [3.05, 3.63) is 28.8 Å². The fourth-order valence-corrected chi connectivity index (χ4v) is 2.68. The Bertz CT molecular complexity index is 562. The van der Waals surface area contributed by atoms with Gasteiger partial charge in [-0.25, -0.2) is 13.1 Å². The standard InChI is InChI=1S/C12H15ClN2O2S/c1-9(2)5-6-15-18(16,17)11-4-3-10(8-14)12(13)7-11/h3-4,7,9,15H,5-6H2,1-2H3. The summed E-state index contributed by atoms with van der Waals surface area (Å²) in [5.74, 6) is 0.428. The molecule has 1 rings (SSSR count). The van der Waals surface area contributed by atoms with E-state index in [1.807, 2.05) is 19.9 Å². The van der Waals surface area contributed by atoms with Gasteiger partial charge in [-0.15, -0.1) is 0 Å². The maximum absolute atomic E-state index is 11.9. The van der Waals surface area contributed by atoms with Gasteiger partial charge in [-0.2, -0.15) is 5.26 Å². The molecule has 1 aromatic carbocycles. The Kier molecular flexibility index (Phi) is 5.15. The van der Waals surface area contributed by atoms with Crippen molar-refractivity contribution < 1.29 is 8.42 Å². The Morgan fingerprint density at radius 3 is 2.61 bits per heavy atom. The summed E-state index contributed by atoms with van der Waals surface area (Å²) in [6.07, 6.45) is 0.767. The molecule has 1 aromatic rings. The van der Waals surface area contributed by atoms with E-state index in [0.29, 0.717) is 12.5 Å². The third-order valence-corrected chi connectivity index (χ3v) is 4.16. The Labute approximate surface area is 113 Å². The smallest absolute Gasteiger partial charge is 0.211 e. The molecule has 0 amide bonds. The van der Waals surface area contributed by atoms with E-state index in [0.717, 1.165) is 6.42 Å². The van der Waals surface area contributed by atoms with Gasteiger partial charge in [-0.3, -0.25) is 0 Å². The molecular weight excluding hydrogens is 272 g/mol. The summed E-state index contributed by atoms with van der Waals surface area (Å²) in [7, 11) is -3.55. The maximum Gasteiger partial charge on any atom is 0.240 e. The van der Waals surface area contributed by atoms with Gasteiger partial charge in [0, 0.05) is 6.54 Å². The zero-order chi connectivity index (χ0) is 13.8. The predicted octanol–water partition coefficient (Wildman–Crippen LogP) is 2.54. The van der Waals surface area contributed by atoms with Crippen LogP contribution in [-0.4, -0.2) is 15.0 Å². The molecule has 0 bridgehead atoms. The van der Waals surface area contributed by atoms with E-state index in [4.69, 9.17) is 16.9 Å². The van der Waals surface area contributed by atoms with Crippen LogP contribution in [-0.2, 0) is 10.0 Å². The van der Waals surface area contributed by atoms with Crippen molar-refractivity contribution in [1.29, 1.82) is 5.26 Å². The zero-order valence-electron chi connectivity index (χ0n) is 10.3. The number of halogens is 1. The lowest BCUT2D eigenvalue weighted by atomic mass is 10.1. The average Bonchev–Trinajstić information content (AvgIpc) is 2.28. The zero-order valence-corrected chi connectivity index (χ0v) is 11.8. The summed E-state index contributed by atoms with van der Waals surface area (Å²) in [6, 6.07) is 5.95. The SMILES string of the molecule is CC(C)CCNS(=O)(=O)c1ccc(C#N)c(Cl)c1. The molecule has 0 aliphatic rings. The fraction of sp³-hybridized carbons (Fsp3) is 0.417. The number of benzene rings is 1. The summed E-state index contributed by atoms with van der Waals surface area (Å²) in [5, 5.41) is 8.86. The second-order valence-electron chi connectivity index (χ2n) is 4.33. The summed E-state index contributed by atoms with van der Waals surface area (Å²) < 4.78 is 26.3. The van der Waals surface area contributed by atoms with Gasteiger partial charge in [0.2, 0.25) is 10.0 Å². The van der Waals surface area contributed by atoms with Crippen LogP contribution in [0.2, 0.25) is 5.02 Å². The largest absolute Gasteiger partial charge is 0.240 e. The van der Waals surface area contributed by atoms with E-state index in [9.17, 15) is 8.42 Å². The quantitative estimate of drug-likeness (QED) is 0.904. The van der Waals surface area contributed by atoms with Crippen molar-refractivity contribution in [2.45, 2.75) is 25.2 Å². The molecular formula is C12H15ClN2O2S. The molecule has 0 aromatic heterocycles. The van der Waals surface area contributed by atoms with E-state index in [2.05, 4.69) is 4.72 Å². The summed E-state index contributed by atoms with van der Waals surface area (Å²) in [5.41, 5.74) is 0.262. The van der Waals surface area contributed by atoms with Gasteiger partial charge in [0.15, 0.2) is 0 Å². The molecule has 6 heteroatoms. The lowest BCUT2D eigenvalue weighted by Gasteiger charge is -2.08. The van der Waals surface area contributed by atoms with Gasteiger partial charge in [0.25, 0.3) is 0 Å². The van der Waals surface area contributed by atoms with Gasteiger partial charge in [-0.05, 0) is 30.5 Å². The molecule has 0 aliphatic carbocycles. The first-order chi connectivity index (χ1) is 8.36. The summed E-state index contributed by atoms with van der Waals surface area (Å²) in [4.78, 5) is 0.0789. The first-order valence-corrected chi connectivity index (χ1v) is 7.42. The van der Waals surface area contributed by atoms with Crippen LogP contribution in [0, 0.1) is 17.2 Å². The monoisotopic (exact) mass is 286 g/mol. The van der Waals surface area contributed by atoms with Crippen molar-refractivity contribution in [2.75, 3.05) is 6.54 Å². The highest BCUT2D eigenvalue weighted by atomic mass is 35.5. The molecule has 0 aliphatic heterocycles. The van der Waals surface area contributed by atoms with E-state index in [1.165, 1.54) is 18.2 Å². The minimum absolute atomic E-state index is 0.0789. The highest BCUT2D eigenvalue weighted by Crippen LogP contribution is 2.20. The molecule has 4 nitrogen and oxygen atoms in total. The van der Waals surface area contributed by atoms with Gasteiger partial charge >= 0.3 is 0 Å². The molecule has 0 saturated carbocycles. The molecule has 98 valence electrons. The number of rotatable bonds is 5. The van der Waals surface area contributed by atoms with Crippen LogP contribution in [0.1, 0.15) is 25.8 Å². The minimum atomic E-state index is -3.55. The molecule has 0 spiro atoms. The maximum atomic E-state index is 11.9. The van der Waals surface area contributed by atoms with E-state index >= 15 is 0 Å². The first-order valence-electron chi connectivity index (χ1n) is 5.56. The van der Waals surface area contributed by atoms with E-state index in [1.54, 1.807) is 0 Å². The van der Waals surface area contributed by atoms with Crippen molar-refractivity contribution in [1.82, 2.24) is 4.72 Å². The highest BCUT2D eigenvalue weighted by Gasteiger charge is 2.15. The van der Waals surface area contributed by atoms with E-state index in [-0.39, 0.29) is 15.5 Å². The normalized spacial score (nSPS) is 11.5. The topological polar surface area (TPSA) is 70.0 Å². The van der Waals surface area contributed by atoms with Crippen LogP contribution in [0.4, 0.5) is 0 Å². The van der Waals surface area contributed by atoms with Crippen LogP contribution in [0.3, 0.4) is 0 Å². The summed E-state index contributed by atoms with van der Waals surface area (Å²) in [6.45, 7) is 4.43. The number of nitriles is 1. The lowest BCUT2D eigenvalue weighted by molar-refractivity contribution is 0.551. The fourth-order valence-electron chi connectivity index (χ4n) is 1.32. The number of hydrogen-bond acceptors (Lipinski definition) is 3. The van der Waals surface area contributed by atoms with Gasteiger partial charge in [-0.1, -0.05) is 25.4 Å². The van der Waals surface area contributed by atoms with Crippen molar-refractivity contribution in [3.8, 4) is 6.07 Å². The number of nitrogens with zero attached hydrogens (tertiary/aromatic N) is 1. The molecule has 0 atom stereocenters. The highest BCUT2D eigenvalue weighted by molar-refractivity contribution is 7.89. The Morgan fingerprint density at radius 1 is 1.44 bits per heavy atom. The van der Waals surface area contributed by atoms with Crippen LogP contribution in [0.25, 0.3) is 0 Å². The Balaban J connectivity index is 2.86. The van der Waals surface area contributed by atoms with Gasteiger partial charge in [0.05, 0.1) is 15.5 Å². The molecule has 0 heterocycles. The van der Waals surface area contributed by atoms with Crippen LogP contribution >= 0.6 is 11.6 Å². The van der Waals surface area contributed by atoms with Crippen LogP contribution < -0.4 is 4.72 Å². The number of hydrogen-bond donors (Lipinski definition) is 1. The number of nitrogens with one attached hydrogen (secondary N) is 1. The van der Waals surface area contributed by atoms with Crippen LogP contribution in [0.15, 0.2) is 23.1 Å².